The molecule has 13 heteroatoms. The van der Waals surface area contributed by atoms with Gasteiger partial charge in [-0.2, -0.15) is 13.9 Å². The largest absolute Gasteiger partial charge is 0.487 e. The summed E-state index contributed by atoms with van der Waals surface area (Å²) < 4.78 is 90.7. The summed E-state index contributed by atoms with van der Waals surface area (Å²) in [5, 5.41) is 14.6. The van der Waals surface area contributed by atoms with E-state index < -0.39 is 52.6 Å². The van der Waals surface area contributed by atoms with Crippen molar-refractivity contribution in [3.63, 3.8) is 0 Å². The molecule has 186 valence electrons. The fraction of sp³-hybridized carbons (Fsp3) is 0.182. The molecule has 5 N–H and O–H groups in total. The van der Waals surface area contributed by atoms with Crippen molar-refractivity contribution in [2.24, 2.45) is 16.8 Å². The van der Waals surface area contributed by atoms with E-state index in [1.807, 2.05) is 0 Å². The number of hydrogen-bond acceptors (Lipinski definition) is 6. The molecule has 1 atom stereocenters. The first-order valence-corrected chi connectivity index (χ1v) is 9.81. The first-order valence-electron chi connectivity index (χ1n) is 9.81. The Hall–Kier alpha value is -3.84. The molecular formula is C22H19F6N5O2. The molecule has 3 aromatic rings. The Morgan fingerprint density at radius 3 is 2.34 bits per heavy atom. The first kappa shape index (κ1) is 25.8. The van der Waals surface area contributed by atoms with E-state index >= 15 is 8.78 Å². The van der Waals surface area contributed by atoms with Gasteiger partial charge >= 0.3 is 5.92 Å². The lowest BCUT2D eigenvalue weighted by atomic mass is 9.84. The van der Waals surface area contributed by atoms with Gasteiger partial charge in [0.25, 0.3) is 0 Å². The van der Waals surface area contributed by atoms with Gasteiger partial charge in [0, 0.05) is 11.6 Å². The van der Waals surface area contributed by atoms with Crippen LogP contribution in [-0.4, -0.2) is 28.0 Å². The summed E-state index contributed by atoms with van der Waals surface area (Å²) >= 11 is 0. The Bertz CT molecular complexity index is 1210. The van der Waals surface area contributed by atoms with Crippen molar-refractivity contribution in [1.82, 2.24) is 9.99 Å². The van der Waals surface area contributed by atoms with Gasteiger partial charge in [0.2, 0.25) is 0 Å². The lowest BCUT2D eigenvalue weighted by Crippen LogP contribution is -2.53. The van der Waals surface area contributed by atoms with Gasteiger partial charge in [0.05, 0.1) is 12.7 Å². The highest BCUT2D eigenvalue weighted by atomic mass is 19.3. The molecule has 35 heavy (non-hydrogen) atoms. The molecular weight excluding hydrogens is 480 g/mol. The average molecular weight is 499 g/mol. The molecule has 2 aromatic carbocycles. The second-order valence-corrected chi connectivity index (χ2v) is 7.41. The standard InChI is InChI=1S/C22H19F6N5O2/c23-14-2-4-16(18(25)8-14)21(34,11-33(30)12-32-29)22(27,28)20-6-3-15(9-31-20)35-10-13-1-5-17(24)19(26)7-13/h1-9,12,34H,10-11,29-30H2/b32-12-. The van der Waals surface area contributed by atoms with Gasteiger partial charge in [-0.1, -0.05) is 6.07 Å². The van der Waals surface area contributed by atoms with Crippen LogP contribution in [0.2, 0.25) is 0 Å². The van der Waals surface area contributed by atoms with Gasteiger partial charge in [-0.15, -0.1) is 0 Å². The van der Waals surface area contributed by atoms with Crippen molar-refractivity contribution >= 4 is 6.34 Å². The zero-order chi connectivity index (χ0) is 25.8. The third kappa shape index (κ3) is 5.46. The van der Waals surface area contributed by atoms with Gasteiger partial charge in [-0.3, -0.25) is 9.99 Å². The molecule has 0 fully saturated rings. The number of benzene rings is 2. The first-order chi connectivity index (χ1) is 16.5. The number of pyridine rings is 1. The van der Waals surface area contributed by atoms with E-state index in [1.54, 1.807) is 0 Å². The number of alkyl halides is 2. The topological polar surface area (TPSA) is 110 Å². The van der Waals surface area contributed by atoms with Gasteiger partial charge < -0.3 is 15.7 Å². The van der Waals surface area contributed by atoms with E-state index in [4.69, 9.17) is 16.4 Å². The predicted octanol–water partition coefficient (Wildman–Crippen LogP) is 3.27. The van der Waals surface area contributed by atoms with Crippen molar-refractivity contribution in [2.75, 3.05) is 6.54 Å². The summed E-state index contributed by atoms with van der Waals surface area (Å²) in [6, 6.07) is 6.66. The van der Waals surface area contributed by atoms with Gasteiger partial charge in [0.1, 0.15) is 36.0 Å². The van der Waals surface area contributed by atoms with Crippen LogP contribution in [0.4, 0.5) is 26.3 Å². The molecule has 0 aliphatic heterocycles. The summed E-state index contributed by atoms with van der Waals surface area (Å²) in [5.41, 5.74) is -5.03. The molecule has 0 aliphatic rings. The molecule has 1 aromatic heterocycles. The maximum absolute atomic E-state index is 15.6. The molecule has 1 unspecified atom stereocenters. The molecule has 0 amide bonds. The number of aromatic nitrogens is 1. The van der Waals surface area contributed by atoms with Crippen LogP contribution >= 0.6 is 0 Å². The molecule has 0 saturated carbocycles. The lowest BCUT2D eigenvalue weighted by molar-refractivity contribution is -0.203. The lowest BCUT2D eigenvalue weighted by Gasteiger charge is -2.37. The normalized spacial score (nSPS) is 13.6. The highest BCUT2D eigenvalue weighted by molar-refractivity contribution is 5.53. The molecule has 0 saturated heterocycles. The highest BCUT2D eigenvalue weighted by Crippen LogP contribution is 2.46. The second-order valence-electron chi connectivity index (χ2n) is 7.41. The van der Waals surface area contributed by atoms with Crippen LogP contribution in [0.3, 0.4) is 0 Å². The SMILES string of the molecule is N/N=C\N(N)CC(O)(c1ccc(F)cc1F)C(F)(F)c1ccc(OCc2ccc(F)c(F)c2)cn1. The quantitative estimate of drug-likeness (QED) is 0.137. The fourth-order valence-corrected chi connectivity index (χ4v) is 3.23. The van der Waals surface area contributed by atoms with Crippen LogP contribution in [0.25, 0.3) is 0 Å². The number of nitrogens with zero attached hydrogens (tertiary/aromatic N) is 3. The second kappa shape index (κ2) is 10.2. The minimum atomic E-state index is -4.27. The summed E-state index contributed by atoms with van der Waals surface area (Å²) in [5.74, 6) is 1.57. The summed E-state index contributed by atoms with van der Waals surface area (Å²) in [6.07, 6.45) is 1.61. The molecule has 0 aliphatic carbocycles. The summed E-state index contributed by atoms with van der Waals surface area (Å²) in [7, 11) is 0. The Balaban J connectivity index is 1.91. The maximum Gasteiger partial charge on any atom is 0.323 e. The van der Waals surface area contributed by atoms with E-state index in [0.717, 1.165) is 30.5 Å². The van der Waals surface area contributed by atoms with E-state index in [-0.39, 0.29) is 17.9 Å². The van der Waals surface area contributed by atoms with E-state index in [1.165, 1.54) is 6.07 Å². The van der Waals surface area contributed by atoms with E-state index in [2.05, 4.69) is 10.1 Å². The third-order valence-corrected chi connectivity index (χ3v) is 4.97. The van der Waals surface area contributed by atoms with E-state index in [9.17, 15) is 22.7 Å². The maximum atomic E-state index is 15.6. The number of hydrazone groups is 1. The Morgan fingerprint density at radius 2 is 1.74 bits per heavy atom. The minimum absolute atomic E-state index is 0.0125. The molecule has 7 nitrogen and oxygen atoms in total. The van der Waals surface area contributed by atoms with Crippen LogP contribution < -0.4 is 16.4 Å². The van der Waals surface area contributed by atoms with Crippen LogP contribution in [0.1, 0.15) is 16.8 Å². The number of aliphatic hydroxyl groups is 1. The Labute approximate surface area is 195 Å². The average Bonchev–Trinajstić information content (AvgIpc) is 2.80. The van der Waals surface area contributed by atoms with Gasteiger partial charge in [0.15, 0.2) is 17.2 Å². The Morgan fingerprint density at radius 1 is 1.00 bits per heavy atom. The molecule has 0 spiro atoms. The van der Waals surface area contributed by atoms with Crippen molar-refractivity contribution < 1.29 is 36.2 Å². The molecule has 1 heterocycles. The van der Waals surface area contributed by atoms with Crippen LogP contribution in [0.15, 0.2) is 59.8 Å². The fourth-order valence-electron chi connectivity index (χ4n) is 3.23. The van der Waals surface area contributed by atoms with Crippen molar-refractivity contribution in [3.8, 4) is 5.75 Å². The number of hydrogen-bond donors (Lipinski definition) is 3. The summed E-state index contributed by atoms with van der Waals surface area (Å²) in [6.45, 7) is -1.33. The molecule has 0 bridgehead atoms. The number of ether oxygens (including phenoxy) is 1. The predicted molar refractivity (Wildman–Crippen MR) is 113 cm³/mol. The number of halogens is 6. The Kier molecular flexibility index (Phi) is 7.51. The number of rotatable bonds is 9. The van der Waals surface area contributed by atoms with E-state index in [0.29, 0.717) is 29.5 Å². The summed E-state index contributed by atoms with van der Waals surface area (Å²) in [4.78, 5) is 3.60. The third-order valence-electron chi connectivity index (χ3n) is 4.97. The van der Waals surface area contributed by atoms with Gasteiger partial charge in [-0.05, 0) is 42.0 Å². The number of nitrogens with two attached hydrogens (primary N) is 2. The zero-order valence-electron chi connectivity index (χ0n) is 17.8. The van der Waals surface area contributed by atoms with Crippen LogP contribution in [0.5, 0.6) is 5.75 Å². The molecule has 3 rings (SSSR count). The van der Waals surface area contributed by atoms with Crippen LogP contribution in [-0.2, 0) is 18.1 Å². The molecule has 0 radical (unpaired) electrons. The number of hydrazine groups is 1. The van der Waals surface area contributed by atoms with Crippen molar-refractivity contribution in [2.45, 2.75) is 18.1 Å². The monoisotopic (exact) mass is 499 g/mol. The van der Waals surface area contributed by atoms with Crippen molar-refractivity contribution in [1.29, 1.82) is 0 Å². The van der Waals surface area contributed by atoms with Crippen molar-refractivity contribution in [3.05, 3.63) is 94.8 Å². The van der Waals surface area contributed by atoms with Gasteiger partial charge in [-0.25, -0.2) is 23.4 Å². The zero-order valence-corrected chi connectivity index (χ0v) is 17.8. The minimum Gasteiger partial charge on any atom is -0.487 e. The van der Waals surface area contributed by atoms with Crippen LogP contribution in [0, 0.1) is 23.3 Å². The smallest absolute Gasteiger partial charge is 0.323 e. The highest BCUT2D eigenvalue weighted by Gasteiger charge is 2.58.